The van der Waals surface area contributed by atoms with Gasteiger partial charge in [0, 0.05) is 36.9 Å². The molecule has 3 rings (SSSR count). The van der Waals surface area contributed by atoms with Crippen LogP contribution >= 0.6 is 0 Å². The number of nitrogens with zero attached hydrogens (tertiary/aromatic N) is 4. The highest BCUT2D eigenvalue weighted by atomic mass is 15.0. The van der Waals surface area contributed by atoms with Crippen molar-refractivity contribution in [1.29, 1.82) is 0 Å². The van der Waals surface area contributed by atoms with Gasteiger partial charge in [-0.2, -0.15) is 0 Å². The van der Waals surface area contributed by atoms with Crippen LogP contribution in [-0.2, 0) is 6.54 Å². The number of hydrogen-bond acceptors (Lipinski definition) is 4. The lowest BCUT2D eigenvalue weighted by Gasteiger charge is -2.01. The molecule has 0 amide bonds. The quantitative estimate of drug-likeness (QED) is 0.712. The van der Waals surface area contributed by atoms with Crippen molar-refractivity contribution in [2.45, 2.75) is 6.54 Å². The van der Waals surface area contributed by atoms with Gasteiger partial charge in [-0.25, -0.2) is 9.97 Å². The number of nitrogens with two attached hydrogens (primary N) is 1. The zero-order chi connectivity index (χ0) is 11.7. The molecule has 0 aliphatic heterocycles. The molecule has 84 valence electrons. The lowest BCUT2D eigenvalue weighted by atomic mass is 10.1. The molecule has 0 fully saturated rings. The van der Waals surface area contributed by atoms with Crippen LogP contribution in [-0.4, -0.2) is 19.4 Å². The first-order chi connectivity index (χ1) is 8.38. The average molecular weight is 225 g/mol. The lowest BCUT2D eigenvalue weighted by molar-refractivity contribution is 1.01. The third-order valence-electron chi connectivity index (χ3n) is 2.62. The summed E-state index contributed by atoms with van der Waals surface area (Å²) in [5.41, 5.74) is 9.35. The number of fused-ring (bicyclic) bond motifs is 1. The summed E-state index contributed by atoms with van der Waals surface area (Å²) < 4.78 is 1.89. The molecular weight excluding hydrogens is 214 g/mol. The highest BCUT2D eigenvalue weighted by Gasteiger charge is 2.07. The zero-order valence-electron chi connectivity index (χ0n) is 9.11. The van der Waals surface area contributed by atoms with Gasteiger partial charge >= 0.3 is 0 Å². The van der Waals surface area contributed by atoms with Gasteiger partial charge in [0.1, 0.15) is 12.0 Å². The Bertz CT molecular complexity index is 644. The van der Waals surface area contributed by atoms with Crippen LogP contribution in [0.3, 0.4) is 0 Å². The number of pyridine rings is 1. The number of hydrogen-bond donors (Lipinski definition) is 1. The van der Waals surface area contributed by atoms with E-state index < -0.39 is 0 Å². The SMILES string of the molecule is NCc1cn2cncc(-c3ccncc3)c2n1. The van der Waals surface area contributed by atoms with Crippen molar-refractivity contribution in [3.05, 3.63) is 48.9 Å². The normalized spacial score (nSPS) is 10.9. The van der Waals surface area contributed by atoms with Gasteiger partial charge in [-0.15, -0.1) is 0 Å². The van der Waals surface area contributed by atoms with Crippen LogP contribution in [0.15, 0.2) is 43.2 Å². The van der Waals surface area contributed by atoms with Crippen molar-refractivity contribution in [2.75, 3.05) is 0 Å². The van der Waals surface area contributed by atoms with Crippen LogP contribution in [0.5, 0.6) is 0 Å². The van der Waals surface area contributed by atoms with Crippen LogP contribution in [0.1, 0.15) is 5.69 Å². The Morgan fingerprint density at radius 3 is 2.76 bits per heavy atom. The van der Waals surface area contributed by atoms with Crippen molar-refractivity contribution >= 4 is 5.65 Å². The third-order valence-corrected chi connectivity index (χ3v) is 2.62. The maximum atomic E-state index is 5.60. The maximum absolute atomic E-state index is 5.60. The minimum atomic E-state index is 0.428. The van der Waals surface area contributed by atoms with E-state index in [1.54, 1.807) is 24.9 Å². The number of imidazole rings is 1. The largest absolute Gasteiger partial charge is 0.325 e. The van der Waals surface area contributed by atoms with Gasteiger partial charge < -0.3 is 5.73 Å². The second-order valence-corrected chi connectivity index (χ2v) is 3.71. The van der Waals surface area contributed by atoms with Crippen molar-refractivity contribution in [2.24, 2.45) is 5.73 Å². The van der Waals surface area contributed by atoms with Gasteiger partial charge in [0.15, 0.2) is 0 Å². The summed E-state index contributed by atoms with van der Waals surface area (Å²) in [4.78, 5) is 12.7. The molecule has 0 saturated carbocycles. The van der Waals surface area contributed by atoms with E-state index in [1.807, 2.05) is 22.7 Å². The summed E-state index contributed by atoms with van der Waals surface area (Å²) in [6.45, 7) is 0.428. The second-order valence-electron chi connectivity index (χ2n) is 3.71. The summed E-state index contributed by atoms with van der Waals surface area (Å²) in [5, 5.41) is 0. The van der Waals surface area contributed by atoms with Gasteiger partial charge in [-0.1, -0.05) is 0 Å². The summed E-state index contributed by atoms with van der Waals surface area (Å²) in [5.74, 6) is 0. The van der Waals surface area contributed by atoms with Crippen LogP contribution in [0.25, 0.3) is 16.8 Å². The van der Waals surface area contributed by atoms with Gasteiger partial charge in [0.2, 0.25) is 0 Å². The van der Waals surface area contributed by atoms with E-state index in [-0.39, 0.29) is 0 Å². The predicted octanol–water partition coefficient (Wildman–Crippen LogP) is 1.25. The minimum absolute atomic E-state index is 0.428. The third kappa shape index (κ3) is 1.66. The Morgan fingerprint density at radius 1 is 1.18 bits per heavy atom. The van der Waals surface area contributed by atoms with E-state index in [0.29, 0.717) is 6.54 Å². The molecule has 0 spiro atoms. The standard InChI is InChI=1S/C12H11N5/c13-5-10-7-17-8-15-6-11(12(17)16-10)9-1-3-14-4-2-9/h1-4,6-8H,5,13H2. The number of rotatable bonds is 2. The summed E-state index contributed by atoms with van der Waals surface area (Å²) >= 11 is 0. The molecule has 0 radical (unpaired) electrons. The molecular formula is C12H11N5. The fourth-order valence-electron chi connectivity index (χ4n) is 1.80. The van der Waals surface area contributed by atoms with Gasteiger partial charge in [-0.05, 0) is 17.7 Å². The lowest BCUT2D eigenvalue weighted by Crippen LogP contribution is -1.95. The molecule has 5 heteroatoms. The topological polar surface area (TPSA) is 69.1 Å². The van der Waals surface area contributed by atoms with E-state index in [4.69, 9.17) is 5.73 Å². The monoisotopic (exact) mass is 225 g/mol. The smallest absolute Gasteiger partial charge is 0.147 e. The Labute approximate surface area is 98.0 Å². The van der Waals surface area contributed by atoms with Crippen LogP contribution in [0.2, 0.25) is 0 Å². The van der Waals surface area contributed by atoms with Crippen molar-refractivity contribution in [3.63, 3.8) is 0 Å². The first kappa shape index (κ1) is 9.92. The van der Waals surface area contributed by atoms with E-state index in [9.17, 15) is 0 Å². The van der Waals surface area contributed by atoms with Crippen molar-refractivity contribution < 1.29 is 0 Å². The van der Waals surface area contributed by atoms with Crippen LogP contribution in [0, 0.1) is 0 Å². The molecule has 2 N–H and O–H groups in total. The van der Waals surface area contributed by atoms with Gasteiger partial charge in [0.25, 0.3) is 0 Å². The maximum Gasteiger partial charge on any atom is 0.147 e. The fourth-order valence-corrected chi connectivity index (χ4v) is 1.80. The van der Waals surface area contributed by atoms with E-state index >= 15 is 0 Å². The highest BCUT2D eigenvalue weighted by Crippen LogP contribution is 2.22. The average Bonchev–Trinajstić information content (AvgIpc) is 2.82. The molecule has 0 atom stereocenters. The molecule has 0 saturated heterocycles. The Hall–Kier alpha value is -2.27. The van der Waals surface area contributed by atoms with Gasteiger partial charge in [-0.3, -0.25) is 9.38 Å². The number of aromatic nitrogens is 4. The first-order valence-electron chi connectivity index (χ1n) is 5.30. The molecule has 3 aromatic rings. The van der Waals surface area contributed by atoms with Crippen LogP contribution < -0.4 is 5.73 Å². The van der Waals surface area contributed by atoms with Crippen LogP contribution in [0.4, 0.5) is 0 Å². The zero-order valence-corrected chi connectivity index (χ0v) is 9.11. The fraction of sp³-hybridized carbons (Fsp3) is 0.0833. The van der Waals surface area contributed by atoms with E-state index in [0.717, 1.165) is 22.5 Å². The molecule has 3 aromatic heterocycles. The molecule has 5 nitrogen and oxygen atoms in total. The molecule has 0 unspecified atom stereocenters. The minimum Gasteiger partial charge on any atom is -0.325 e. The first-order valence-corrected chi connectivity index (χ1v) is 5.30. The van der Waals surface area contributed by atoms with E-state index in [1.165, 1.54) is 0 Å². The molecule has 0 bridgehead atoms. The van der Waals surface area contributed by atoms with Crippen molar-refractivity contribution in [1.82, 2.24) is 19.4 Å². The Balaban J connectivity index is 2.26. The highest BCUT2D eigenvalue weighted by molar-refractivity contribution is 5.76. The second kappa shape index (κ2) is 3.95. The molecule has 3 heterocycles. The van der Waals surface area contributed by atoms with Gasteiger partial charge in [0.05, 0.1) is 5.69 Å². The Morgan fingerprint density at radius 2 is 2.00 bits per heavy atom. The molecule has 0 aliphatic rings. The molecule has 0 aliphatic carbocycles. The molecule has 17 heavy (non-hydrogen) atoms. The summed E-state index contributed by atoms with van der Waals surface area (Å²) in [7, 11) is 0. The molecule has 0 aromatic carbocycles. The van der Waals surface area contributed by atoms with Crippen molar-refractivity contribution in [3.8, 4) is 11.1 Å². The predicted molar refractivity (Wildman–Crippen MR) is 64.1 cm³/mol. The Kier molecular flexibility index (Phi) is 2.31. The summed E-state index contributed by atoms with van der Waals surface area (Å²) in [6, 6.07) is 3.88. The summed E-state index contributed by atoms with van der Waals surface area (Å²) in [6.07, 6.45) is 8.94. The van der Waals surface area contributed by atoms with E-state index in [2.05, 4.69) is 15.0 Å².